The van der Waals surface area contributed by atoms with Crippen LogP contribution in [0.1, 0.15) is 0 Å². The van der Waals surface area contributed by atoms with Crippen LogP contribution >= 0.6 is 11.6 Å². The number of methoxy groups -OCH3 is 1. The molecule has 1 aromatic heterocycles. The molecule has 0 fully saturated rings. The van der Waals surface area contributed by atoms with Crippen molar-refractivity contribution in [3.05, 3.63) is 59.9 Å². The number of hydrogen-bond donors (Lipinski definition) is 2. The van der Waals surface area contributed by atoms with E-state index in [4.69, 9.17) is 30.9 Å². The number of nitrogens with zero attached hydrogens (tertiary/aromatic N) is 2. The van der Waals surface area contributed by atoms with Crippen molar-refractivity contribution in [2.45, 2.75) is 4.90 Å². The number of sulfonamides is 1. The van der Waals surface area contributed by atoms with E-state index in [2.05, 4.69) is 14.7 Å². The van der Waals surface area contributed by atoms with Gasteiger partial charge < -0.3 is 19.3 Å². The first-order chi connectivity index (χ1) is 14.4. The molecule has 0 unspecified atom stereocenters. The molecular formula is C19H18ClN3O6S. The molecule has 2 N–H and O–H groups in total. The van der Waals surface area contributed by atoms with Crippen molar-refractivity contribution >= 4 is 27.4 Å². The molecule has 0 atom stereocenters. The van der Waals surface area contributed by atoms with Crippen molar-refractivity contribution in [1.82, 2.24) is 9.97 Å². The molecule has 30 heavy (non-hydrogen) atoms. The highest BCUT2D eigenvalue weighted by molar-refractivity contribution is 7.92. The van der Waals surface area contributed by atoms with E-state index in [1.807, 2.05) is 0 Å². The zero-order chi connectivity index (χ0) is 21.6. The molecule has 158 valence electrons. The van der Waals surface area contributed by atoms with E-state index in [1.165, 1.54) is 25.3 Å². The predicted octanol–water partition coefficient (Wildman–Crippen LogP) is 3.10. The number of ether oxygens (including phenoxy) is 3. The number of rotatable bonds is 9. The number of benzene rings is 2. The summed E-state index contributed by atoms with van der Waals surface area (Å²) < 4.78 is 44.2. The highest BCUT2D eigenvalue weighted by Crippen LogP contribution is 2.40. The third-order valence-electron chi connectivity index (χ3n) is 3.74. The maximum atomic E-state index is 12.7. The van der Waals surface area contributed by atoms with Gasteiger partial charge in [-0.15, -0.1) is 0 Å². The summed E-state index contributed by atoms with van der Waals surface area (Å²) in [5.74, 6) is 0.264. The van der Waals surface area contributed by atoms with Crippen molar-refractivity contribution in [3.8, 4) is 23.1 Å². The van der Waals surface area contributed by atoms with Gasteiger partial charge in [-0.3, -0.25) is 4.72 Å². The van der Waals surface area contributed by atoms with Gasteiger partial charge in [0, 0.05) is 6.07 Å². The minimum Gasteiger partial charge on any atom is -0.497 e. The third kappa shape index (κ3) is 5.09. The summed E-state index contributed by atoms with van der Waals surface area (Å²) in [6, 6.07) is 12.5. The number of nitrogens with one attached hydrogen (secondary N) is 1. The van der Waals surface area contributed by atoms with Crippen LogP contribution in [-0.2, 0) is 10.0 Å². The van der Waals surface area contributed by atoms with E-state index in [9.17, 15) is 8.42 Å². The zero-order valence-corrected chi connectivity index (χ0v) is 17.4. The second-order valence-corrected chi connectivity index (χ2v) is 7.84. The van der Waals surface area contributed by atoms with Crippen molar-refractivity contribution < 1.29 is 27.7 Å². The largest absolute Gasteiger partial charge is 0.497 e. The van der Waals surface area contributed by atoms with Crippen molar-refractivity contribution in [3.63, 3.8) is 0 Å². The molecule has 1 heterocycles. The van der Waals surface area contributed by atoms with Gasteiger partial charge in [-0.2, -0.15) is 4.98 Å². The lowest BCUT2D eigenvalue weighted by molar-refractivity contribution is 0.192. The molecule has 11 heteroatoms. The van der Waals surface area contributed by atoms with E-state index in [-0.39, 0.29) is 46.3 Å². The van der Waals surface area contributed by atoms with E-state index in [1.54, 1.807) is 30.3 Å². The lowest BCUT2D eigenvalue weighted by atomic mass is 10.3. The number of aliphatic hydroxyl groups is 1. The molecule has 0 radical (unpaired) electrons. The Hall–Kier alpha value is -3.08. The summed E-state index contributed by atoms with van der Waals surface area (Å²) in [6.45, 7) is -0.376. The van der Waals surface area contributed by atoms with Gasteiger partial charge in [-0.25, -0.2) is 13.4 Å². The SMILES string of the molecule is COc1ccc(Cl)c(Oc2c(NS(=O)(=O)c3ccccc3)ncnc2OCCO)c1. The minimum atomic E-state index is -3.97. The highest BCUT2D eigenvalue weighted by atomic mass is 35.5. The second kappa shape index (κ2) is 9.61. The first-order valence-corrected chi connectivity index (χ1v) is 10.5. The van der Waals surface area contributed by atoms with Gasteiger partial charge in [0.25, 0.3) is 15.9 Å². The summed E-state index contributed by atoms with van der Waals surface area (Å²) in [4.78, 5) is 7.99. The van der Waals surface area contributed by atoms with E-state index in [0.717, 1.165) is 6.33 Å². The summed E-state index contributed by atoms with van der Waals surface area (Å²) in [5.41, 5.74) is 0. The van der Waals surface area contributed by atoms with Crippen LogP contribution in [0.2, 0.25) is 5.02 Å². The van der Waals surface area contributed by atoms with Crippen LogP contribution in [0.5, 0.6) is 23.1 Å². The summed E-state index contributed by atoms with van der Waals surface area (Å²) >= 11 is 6.20. The van der Waals surface area contributed by atoms with E-state index < -0.39 is 10.0 Å². The Balaban J connectivity index is 2.03. The molecule has 9 nitrogen and oxygen atoms in total. The monoisotopic (exact) mass is 451 g/mol. The fourth-order valence-corrected chi connectivity index (χ4v) is 3.54. The van der Waals surface area contributed by atoms with Gasteiger partial charge in [0.15, 0.2) is 5.82 Å². The Kier molecular flexibility index (Phi) is 6.93. The van der Waals surface area contributed by atoms with Crippen molar-refractivity contribution in [1.29, 1.82) is 0 Å². The summed E-state index contributed by atoms with van der Waals surface area (Å²) in [7, 11) is -2.49. The van der Waals surface area contributed by atoms with Crippen LogP contribution in [0.15, 0.2) is 59.8 Å². The normalized spacial score (nSPS) is 11.0. The number of aromatic nitrogens is 2. The van der Waals surface area contributed by atoms with Crippen LogP contribution in [-0.4, -0.2) is 43.8 Å². The molecule has 0 spiro atoms. The van der Waals surface area contributed by atoms with Gasteiger partial charge >= 0.3 is 0 Å². The fraction of sp³-hybridized carbons (Fsp3) is 0.158. The molecule has 0 bridgehead atoms. The maximum absolute atomic E-state index is 12.7. The molecule has 3 aromatic rings. The predicted molar refractivity (Wildman–Crippen MR) is 110 cm³/mol. The Morgan fingerprint density at radius 3 is 2.60 bits per heavy atom. The fourth-order valence-electron chi connectivity index (χ4n) is 2.35. The highest BCUT2D eigenvalue weighted by Gasteiger charge is 2.23. The van der Waals surface area contributed by atoms with Gasteiger partial charge in [0.05, 0.1) is 23.6 Å². The molecule has 0 aliphatic heterocycles. The standard InChI is InChI=1S/C19H18ClN3O6S/c1-27-13-7-8-15(20)16(11-13)29-17-18(21-12-22-19(17)28-10-9-24)23-30(25,26)14-5-3-2-4-6-14/h2-8,11-12,24H,9-10H2,1H3,(H,21,22,23). The molecule has 0 amide bonds. The molecule has 2 aromatic carbocycles. The van der Waals surface area contributed by atoms with Gasteiger partial charge in [0.2, 0.25) is 5.75 Å². The van der Waals surface area contributed by atoms with Crippen LogP contribution in [0.3, 0.4) is 0 Å². The zero-order valence-electron chi connectivity index (χ0n) is 15.8. The number of aliphatic hydroxyl groups excluding tert-OH is 1. The number of halogens is 1. The summed E-state index contributed by atoms with van der Waals surface area (Å²) in [5, 5.41) is 9.31. The smallest absolute Gasteiger partial charge is 0.263 e. The Bertz CT molecular complexity index is 1110. The average Bonchev–Trinajstić information content (AvgIpc) is 2.75. The molecule has 3 rings (SSSR count). The molecular weight excluding hydrogens is 434 g/mol. The number of hydrogen-bond acceptors (Lipinski definition) is 8. The van der Waals surface area contributed by atoms with Crippen LogP contribution in [0.4, 0.5) is 5.82 Å². The topological polar surface area (TPSA) is 120 Å². The minimum absolute atomic E-state index is 0.0341. The molecule has 0 saturated carbocycles. The van der Waals surface area contributed by atoms with Crippen LogP contribution in [0.25, 0.3) is 0 Å². The average molecular weight is 452 g/mol. The quantitative estimate of drug-likeness (QED) is 0.509. The van der Waals surface area contributed by atoms with Crippen LogP contribution in [0, 0.1) is 0 Å². The van der Waals surface area contributed by atoms with Crippen molar-refractivity contribution in [2.75, 3.05) is 25.0 Å². The lowest BCUT2D eigenvalue weighted by Crippen LogP contribution is -2.15. The first-order valence-electron chi connectivity index (χ1n) is 8.62. The summed E-state index contributed by atoms with van der Waals surface area (Å²) in [6.07, 6.45) is 1.11. The van der Waals surface area contributed by atoms with Gasteiger partial charge in [0.1, 0.15) is 24.4 Å². The third-order valence-corrected chi connectivity index (χ3v) is 5.40. The Morgan fingerprint density at radius 1 is 1.13 bits per heavy atom. The van der Waals surface area contributed by atoms with Crippen molar-refractivity contribution in [2.24, 2.45) is 0 Å². The molecule has 0 aliphatic carbocycles. The second-order valence-electron chi connectivity index (χ2n) is 5.75. The maximum Gasteiger partial charge on any atom is 0.263 e. The van der Waals surface area contributed by atoms with E-state index in [0.29, 0.717) is 5.75 Å². The van der Waals surface area contributed by atoms with E-state index >= 15 is 0 Å². The molecule has 0 saturated heterocycles. The van der Waals surface area contributed by atoms with Gasteiger partial charge in [-0.1, -0.05) is 29.8 Å². The van der Waals surface area contributed by atoms with Crippen LogP contribution < -0.4 is 18.9 Å². The first kappa shape index (κ1) is 21.6. The Labute approximate surface area is 178 Å². The van der Waals surface area contributed by atoms with Gasteiger partial charge in [-0.05, 0) is 24.3 Å². The Morgan fingerprint density at radius 2 is 1.90 bits per heavy atom. The lowest BCUT2D eigenvalue weighted by Gasteiger charge is -2.16. The molecule has 0 aliphatic rings. The number of anilines is 1.